The molecule has 16 heavy (non-hydrogen) atoms. The van der Waals surface area contributed by atoms with Gasteiger partial charge in [0.25, 0.3) is 0 Å². The van der Waals surface area contributed by atoms with E-state index >= 15 is 0 Å². The fourth-order valence-corrected chi connectivity index (χ4v) is 2.08. The van der Waals surface area contributed by atoms with Crippen molar-refractivity contribution >= 4 is 35.6 Å². The molecule has 1 unspecified atom stereocenters. The molecule has 1 aliphatic rings. The Balaban J connectivity index is 0.00000128. The number of benzene rings is 1. The summed E-state index contributed by atoms with van der Waals surface area (Å²) in [5, 5.41) is 1.05. The molecule has 5 heteroatoms. The first-order valence-corrected chi connectivity index (χ1v) is 5.71. The molecule has 2 nitrogen and oxygen atoms in total. The summed E-state index contributed by atoms with van der Waals surface area (Å²) in [6, 6.07) is 5.46. The van der Waals surface area contributed by atoms with E-state index in [4.69, 9.17) is 27.9 Å². The number of likely N-dealkylation sites (N-methyl/N-ethyl adjacent to an activating group) is 1. The lowest BCUT2D eigenvalue weighted by Crippen LogP contribution is -2.21. The number of hydrogen-bond donors (Lipinski definition) is 0. The molecule has 0 N–H and O–H groups in total. The van der Waals surface area contributed by atoms with Crippen molar-refractivity contribution in [3.8, 4) is 5.75 Å². The molecule has 1 aromatic rings. The highest BCUT2D eigenvalue weighted by Crippen LogP contribution is 2.32. The van der Waals surface area contributed by atoms with Crippen LogP contribution in [0.1, 0.15) is 6.42 Å². The van der Waals surface area contributed by atoms with E-state index < -0.39 is 0 Å². The summed E-state index contributed by atoms with van der Waals surface area (Å²) in [6.07, 6.45) is 1.27. The molecule has 0 bridgehead atoms. The minimum absolute atomic E-state index is 0. The predicted molar refractivity (Wildman–Crippen MR) is 70.2 cm³/mol. The molecule has 0 aromatic heterocycles. The molecule has 1 atom stereocenters. The van der Waals surface area contributed by atoms with Crippen LogP contribution in [0, 0.1) is 0 Å². The zero-order valence-electron chi connectivity index (χ0n) is 8.95. The molecule has 2 rings (SSSR count). The Morgan fingerprint density at radius 3 is 2.75 bits per heavy atom. The van der Waals surface area contributed by atoms with Crippen LogP contribution in [0.2, 0.25) is 10.0 Å². The predicted octanol–water partition coefficient (Wildman–Crippen LogP) is 3.50. The molecule has 1 fully saturated rings. The number of ether oxygens (including phenoxy) is 1. The van der Waals surface area contributed by atoms with Gasteiger partial charge < -0.3 is 9.64 Å². The van der Waals surface area contributed by atoms with E-state index in [1.165, 1.54) is 0 Å². The first kappa shape index (κ1) is 13.9. The van der Waals surface area contributed by atoms with Crippen molar-refractivity contribution in [1.29, 1.82) is 0 Å². The highest BCUT2D eigenvalue weighted by Gasteiger charge is 2.21. The molecule has 0 radical (unpaired) electrons. The number of nitrogens with zero attached hydrogens (tertiary/aromatic N) is 1. The largest absolute Gasteiger partial charge is 0.487 e. The summed E-state index contributed by atoms with van der Waals surface area (Å²) in [4.78, 5) is 2.24. The maximum Gasteiger partial charge on any atom is 0.139 e. The first-order valence-electron chi connectivity index (χ1n) is 4.96. The summed E-state index contributed by atoms with van der Waals surface area (Å²) >= 11 is 11.9. The summed E-state index contributed by atoms with van der Waals surface area (Å²) in [6.45, 7) is 2.02. The van der Waals surface area contributed by atoms with Gasteiger partial charge in [-0.05, 0) is 25.6 Å². The third kappa shape index (κ3) is 3.17. The smallest absolute Gasteiger partial charge is 0.139 e. The second kappa shape index (κ2) is 5.97. The minimum atomic E-state index is 0. The van der Waals surface area contributed by atoms with Gasteiger partial charge in [0, 0.05) is 13.1 Å². The van der Waals surface area contributed by atoms with Crippen LogP contribution in [0.5, 0.6) is 5.75 Å². The molecular formula is C11H14Cl3NO. The Morgan fingerprint density at radius 1 is 1.38 bits per heavy atom. The zero-order chi connectivity index (χ0) is 10.8. The van der Waals surface area contributed by atoms with E-state index in [9.17, 15) is 0 Å². The monoisotopic (exact) mass is 281 g/mol. The van der Waals surface area contributed by atoms with Crippen LogP contribution in [-0.2, 0) is 0 Å². The number of hydrogen-bond acceptors (Lipinski definition) is 2. The molecule has 0 saturated carbocycles. The fraction of sp³-hybridized carbons (Fsp3) is 0.455. The van der Waals surface area contributed by atoms with Crippen molar-refractivity contribution in [1.82, 2.24) is 4.90 Å². The van der Waals surface area contributed by atoms with Crippen LogP contribution in [0.3, 0.4) is 0 Å². The average molecular weight is 283 g/mol. The minimum Gasteiger partial charge on any atom is -0.487 e. The normalized spacial score (nSPS) is 20.6. The zero-order valence-corrected chi connectivity index (χ0v) is 11.3. The quantitative estimate of drug-likeness (QED) is 0.823. The van der Waals surface area contributed by atoms with Crippen LogP contribution in [0.25, 0.3) is 0 Å². The summed E-state index contributed by atoms with van der Waals surface area (Å²) < 4.78 is 5.80. The molecule has 1 aliphatic heterocycles. The maximum atomic E-state index is 6.04. The van der Waals surface area contributed by atoms with Crippen molar-refractivity contribution < 1.29 is 4.74 Å². The Kier molecular flexibility index (Phi) is 5.19. The van der Waals surface area contributed by atoms with Crippen LogP contribution in [0.4, 0.5) is 0 Å². The molecule has 1 saturated heterocycles. The molecule has 0 amide bonds. The highest BCUT2D eigenvalue weighted by atomic mass is 35.5. The molecule has 0 spiro atoms. The van der Waals surface area contributed by atoms with E-state index in [0.29, 0.717) is 15.8 Å². The molecular weight excluding hydrogens is 268 g/mol. The van der Waals surface area contributed by atoms with E-state index in [1.807, 2.05) is 12.1 Å². The first-order chi connectivity index (χ1) is 7.16. The van der Waals surface area contributed by atoms with E-state index in [-0.39, 0.29) is 18.5 Å². The van der Waals surface area contributed by atoms with Gasteiger partial charge >= 0.3 is 0 Å². The Bertz CT molecular complexity index is 359. The Morgan fingerprint density at radius 2 is 2.12 bits per heavy atom. The number of likely N-dealkylation sites (tertiary alicyclic amines) is 1. The maximum absolute atomic E-state index is 6.04. The van der Waals surface area contributed by atoms with Gasteiger partial charge in [-0.15, -0.1) is 12.4 Å². The molecule has 90 valence electrons. The summed E-state index contributed by atoms with van der Waals surface area (Å²) in [7, 11) is 2.09. The molecule has 1 aromatic carbocycles. The van der Waals surface area contributed by atoms with Crippen molar-refractivity contribution in [2.75, 3.05) is 20.1 Å². The van der Waals surface area contributed by atoms with E-state index in [2.05, 4.69) is 11.9 Å². The van der Waals surface area contributed by atoms with Crippen LogP contribution in [-0.4, -0.2) is 31.1 Å². The van der Waals surface area contributed by atoms with Gasteiger partial charge in [-0.25, -0.2) is 0 Å². The van der Waals surface area contributed by atoms with Crippen molar-refractivity contribution in [2.24, 2.45) is 0 Å². The van der Waals surface area contributed by atoms with Gasteiger partial charge in [-0.1, -0.05) is 29.3 Å². The fourth-order valence-electron chi connectivity index (χ4n) is 1.75. The van der Waals surface area contributed by atoms with Gasteiger partial charge in [-0.3, -0.25) is 0 Å². The third-order valence-corrected chi connectivity index (χ3v) is 3.36. The van der Waals surface area contributed by atoms with Crippen LogP contribution >= 0.6 is 35.6 Å². The highest BCUT2D eigenvalue weighted by molar-refractivity contribution is 6.42. The number of halogens is 3. The summed E-state index contributed by atoms with van der Waals surface area (Å²) in [5.41, 5.74) is 0. The number of rotatable bonds is 2. The van der Waals surface area contributed by atoms with Crippen molar-refractivity contribution in [2.45, 2.75) is 12.5 Å². The lowest BCUT2D eigenvalue weighted by atomic mass is 10.3. The van der Waals surface area contributed by atoms with Gasteiger partial charge in [0.15, 0.2) is 0 Å². The molecule has 0 aliphatic carbocycles. The van der Waals surface area contributed by atoms with Crippen molar-refractivity contribution in [3.05, 3.63) is 28.2 Å². The van der Waals surface area contributed by atoms with Gasteiger partial charge in [0.2, 0.25) is 0 Å². The standard InChI is InChI=1S/C11H13Cl2NO.ClH/c1-14-6-5-8(7-14)15-10-4-2-3-9(12)11(10)13;/h2-4,8H,5-7H2,1H3;1H. The molecule has 1 heterocycles. The van der Waals surface area contributed by atoms with Crippen LogP contribution < -0.4 is 4.74 Å². The average Bonchev–Trinajstić information content (AvgIpc) is 2.59. The SMILES string of the molecule is CN1CCC(Oc2cccc(Cl)c2Cl)C1.Cl. The van der Waals surface area contributed by atoms with E-state index in [0.717, 1.165) is 19.5 Å². The Labute approximate surface area is 112 Å². The summed E-state index contributed by atoms with van der Waals surface area (Å²) in [5.74, 6) is 0.685. The Hall–Kier alpha value is -0.150. The van der Waals surface area contributed by atoms with Gasteiger partial charge in [0.1, 0.15) is 16.9 Å². The second-order valence-electron chi connectivity index (χ2n) is 3.84. The third-order valence-electron chi connectivity index (χ3n) is 2.56. The van der Waals surface area contributed by atoms with E-state index in [1.54, 1.807) is 6.07 Å². The van der Waals surface area contributed by atoms with Crippen molar-refractivity contribution in [3.63, 3.8) is 0 Å². The van der Waals surface area contributed by atoms with Gasteiger partial charge in [0.05, 0.1) is 5.02 Å². The lowest BCUT2D eigenvalue weighted by Gasteiger charge is -2.15. The van der Waals surface area contributed by atoms with Crippen LogP contribution in [0.15, 0.2) is 18.2 Å². The topological polar surface area (TPSA) is 12.5 Å². The lowest BCUT2D eigenvalue weighted by molar-refractivity contribution is 0.208. The van der Waals surface area contributed by atoms with Gasteiger partial charge in [-0.2, -0.15) is 0 Å². The second-order valence-corrected chi connectivity index (χ2v) is 4.63.